The highest BCUT2D eigenvalue weighted by Gasteiger charge is 2.24. The van der Waals surface area contributed by atoms with E-state index >= 15 is 0 Å². The molecule has 1 aliphatic rings. The fourth-order valence-corrected chi connectivity index (χ4v) is 4.64. The molecule has 0 saturated carbocycles. The number of halogens is 1. The van der Waals surface area contributed by atoms with E-state index < -0.39 is 0 Å². The van der Waals surface area contributed by atoms with Crippen molar-refractivity contribution in [1.29, 1.82) is 0 Å². The first kappa shape index (κ1) is 19.9. The maximum absolute atomic E-state index is 12.7. The third-order valence-corrected chi connectivity index (χ3v) is 6.35. The molecule has 4 rings (SSSR count). The first-order valence-electron chi connectivity index (χ1n) is 9.67. The summed E-state index contributed by atoms with van der Waals surface area (Å²) in [7, 11) is 0. The van der Waals surface area contributed by atoms with Gasteiger partial charge in [0, 0.05) is 11.6 Å². The molecule has 1 fully saturated rings. The largest absolute Gasteiger partial charge is 0.350 e. The predicted molar refractivity (Wildman–Crippen MR) is 118 cm³/mol. The molecular weight excluding hydrogens is 406 g/mol. The van der Waals surface area contributed by atoms with Crippen LogP contribution in [-0.2, 0) is 0 Å². The van der Waals surface area contributed by atoms with Crippen LogP contribution in [0.2, 0.25) is 5.02 Å². The van der Waals surface area contributed by atoms with Gasteiger partial charge in [-0.15, -0.1) is 11.3 Å². The van der Waals surface area contributed by atoms with Crippen LogP contribution in [0.25, 0.3) is 10.6 Å². The lowest BCUT2D eigenvalue weighted by Gasteiger charge is -2.28. The Morgan fingerprint density at radius 3 is 2.69 bits per heavy atom. The second-order valence-electron chi connectivity index (χ2n) is 7.12. The number of rotatable bonds is 6. The molecule has 7 heteroatoms. The Labute approximate surface area is 178 Å². The number of aromatic amines is 1. The summed E-state index contributed by atoms with van der Waals surface area (Å²) in [4.78, 5) is 31.3. The van der Waals surface area contributed by atoms with Crippen molar-refractivity contribution < 1.29 is 4.79 Å². The molecule has 1 aliphatic heterocycles. The minimum Gasteiger partial charge on any atom is -0.350 e. The quantitative estimate of drug-likeness (QED) is 0.615. The molecule has 1 amide bonds. The second kappa shape index (κ2) is 8.95. The van der Waals surface area contributed by atoms with Gasteiger partial charge < -0.3 is 10.3 Å². The van der Waals surface area contributed by atoms with E-state index in [0.717, 1.165) is 42.1 Å². The number of pyridine rings is 1. The lowest BCUT2D eigenvalue weighted by atomic mass is 10.1. The average Bonchev–Trinajstić information content (AvgIpc) is 3.42. The molecule has 2 N–H and O–H groups in total. The average molecular weight is 428 g/mol. The third kappa shape index (κ3) is 4.61. The fourth-order valence-electron chi connectivity index (χ4n) is 3.74. The highest BCUT2D eigenvalue weighted by molar-refractivity contribution is 7.13. The number of hydrogen-bond donors (Lipinski definition) is 2. The Morgan fingerprint density at radius 1 is 1.17 bits per heavy atom. The first-order valence-corrected chi connectivity index (χ1v) is 10.9. The number of benzene rings is 1. The van der Waals surface area contributed by atoms with Gasteiger partial charge in [0.15, 0.2) is 0 Å². The summed E-state index contributed by atoms with van der Waals surface area (Å²) >= 11 is 7.72. The van der Waals surface area contributed by atoms with Crippen molar-refractivity contribution >= 4 is 28.8 Å². The van der Waals surface area contributed by atoms with Crippen LogP contribution in [0.1, 0.15) is 34.8 Å². The fraction of sp³-hybridized carbons (Fsp3) is 0.273. The van der Waals surface area contributed by atoms with Crippen LogP contribution in [0.5, 0.6) is 0 Å². The number of nitrogens with zero attached hydrogens (tertiary/aromatic N) is 1. The van der Waals surface area contributed by atoms with Gasteiger partial charge in [0.2, 0.25) is 0 Å². The van der Waals surface area contributed by atoms with Gasteiger partial charge in [-0.2, -0.15) is 0 Å². The molecule has 1 unspecified atom stereocenters. The first-order chi connectivity index (χ1) is 14.1. The molecule has 1 aromatic carbocycles. The van der Waals surface area contributed by atoms with Crippen molar-refractivity contribution in [3.05, 3.63) is 80.4 Å². The van der Waals surface area contributed by atoms with E-state index in [2.05, 4.69) is 15.2 Å². The van der Waals surface area contributed by atoms with Crippen LogP contribution in [0.15, 0.2) is 58.7 Å². The van der Waals surface area contributed by atoms with Crippen LogP contribution in [0.3, 0.4) is 0 Å². The van der Waals surface area contributed by atoms with E-state index in [1.165, 1.54) is 11.3 Å². The third-order valence-electron chi connectivity index (χ3n) is 5.21. The van der Waals surface area contributed by atoms with Crippen LogP contribution >= 0.6 is 22.9 Å². The van der Waals surface area contributed by atoms with Crippen molar-refractivity contribution in [3.8, 4) is 10.6 Å². The summed E-state index contributed by atoms with van der Waals surface area (Å²) in [6.45, 7) is 2.40. The summed E-state index contributed by atoms with van der Waals surface area (Å²) < 4.78 is 0. The van der Waals surface area contributed by atoms with E-state index in [1.807, 2.05) is 41.8 Å². The maximum atomic E-state index is 12.7. The van der Waals surface area contributed by atoms with Gasteiger partial charge in [-0.05, 0) is 67.2 Å². The Kier molecular flexibility index (Phi) is 6.13. The molecule has 0 aliphatic carbocycles. The van der Waals surface area contributed by atoms with E-state index in [9.17, 15) is 9.59 Å². The lowest BCUT2D eigenvalue weighted by molar-refractivity contribution is 0.0936. The summed E-state index contributed by atoms with van der Waals surface area (Å²) in [5.74, 6) is -0.366. The Balaban J connectivity index is 1.50. The number of nitrogens with one attached hydrogen (secondary N) is 2. The molecule has 1 atom stereocenters. The number of aromatic nitrogens is 1. The standard InChI is InChI=1S/C22H22ClN3O2S/c23-16-6-3-5-15(13-16)19(26-10-1-2-11-26)14-24-21(27)17-8-9-18(25-22(17)28)20-7-4-12-29-20/h3-9,12-13,19H,1-2,10-11,14H2,(H,24,27)(H,25,28). The van der Waals surface area contributed by atoms with Gasteiger partial charge in [-0.1, -0.05) is 29.8 Å². The molecular formula is C22H22ClN3O2S. The number of amides is 1. The predicted octanol–water partition coefficient (Wildman–Crippen LogP) is 4.32. The van der Waals surface area contributed by atoms with Gasteiger partial charge >= 0.3 is 0 Å². The minimum atomic E-state index is -0.381. The van der Waals surface area contributed by atoms with Crippen molar-refractivity contribution in [2.75, 3.05) is 19.6 Å². The summed E-state index contributed by atoms with van der Waals surface area (Å²) in [6.07, 6.45) is 2.30. The molecule has 2 aromatic heterocycles. The van der Waals surface area contributed by atoms with Gasteiger partial charge in [-0.25, -0.2) is 0 Å². The molecule has 5 nitrogen and oxygen atoms in total. The van der Waals surface area contributed by atoms with Crippen molar-refractivity contribution in [2.24, 2.45) is 0 Å². The van der Waals surface area contributed by atoms with Gasteiger partial charge in [0.05, 0.1) is 16.6 Å². The maximum Gasteiger partial charge on any atom is 0.261 e. The molecule has 3 aromatic rings. The molecule has 29 heavy (non-hydrogen) atoms. The lowest BCUT2D eigenvalue weighted by Crippen LogP contribution is -2.38. The zero-order valence-corrected chi connectivity index (χ0v) is 17.4. The van der Waals surface area contributed by atoms with Crippen molar-refractivity contribution in [2.45, 2.75) is 18.9 Å². The normalized spacial score (nSPS) is 15.3. The number of carbonyl (C=O) groups is 1. The van der Waals surface area contributed by atoms with E-state index in [4.69, 9.17) is 11.6 Å². The van der Waals surface area contributed by atoms with Crippen molar-refractivity contribution in [1.82, 2.24) is 15.2 Å². The minimum absolute atomic E-state index is 0.0321. The van der Waals surface area contributed by atoms with E-state index in [0.29, 0.717) is 11.6 Å². The number of carbonyl (C=O) groups excluding carboxylic acids is 1. The summed E-state index contributed by atoms with van der Waals surface area (Å²) in [6, 6.07) is 15.0. The smallest absolute Gasteiger partial charge is 0.261 e. The monoisotopic (exact) mass is 427 g/mol. The molecule has 0 bridgehead atoms. The number of likely N-dealkylation sites (tertiary alicyclic amines) is 1. The number of H-pyrrole nitrogens is 1. The highest BCUT2D eigenvalue weighted by atomic mass is 35.5. The zero-order chi connectivity index (χ0) is 20.2. The molecule has 3 heterocycles. The van der Waals surface area contributed by atoms with Gasteiger partial charge in [0.25, 0.3) is 11.5 Å². The SMILES string of the molecule is O=C(NCC(c1cccc(Cl)c1)N1CCCC1)c1ccc(-c2cccs2)[nH]c1=O. The molecule has 0 spiro atoms. The zero-order valence-electron chi connectivity index (χ0n) is 15.9. The van der Waals surface area contributed by atoms with E-state index in [1.54, 1.807) is 12.1 Å². The number of hydrogen-bond acceptors (Lipinski definition) is 4. The number of thiophene rings is 1. The molecule has 0 radical (unpaired) electrons. The Hall–Kier alpha value is -2.41. The van der Waals surface area contributed by atoms with Gasteiger partial charge in [0.1, 0.15) is 5.56 Å². The second-order valence-corrected chi connectivity index (χ2v) is 8.50. The van der Waals surface area contributed by atoms with Crippen molar-refractivity contribution in [3.63, 3.8) is 0 Å². The molecule has 1 saturated heterocycles. The van der Waals surface area contributed by atoms with Crippen LogP contribution in [-0.4, -0.2) is 35.4 Å². The summed E-state index contributed by atoms with van der Waals surface area (Å²) in [5.41, 5.74) is 1.53. The Bertz CT molecular complexity index is 1040. The highest BCUT2D eigenvalue weighted by Crippen LogP contribution is 2.26. The van der Waals surface area contributed by atoms with Gasteiger partial charge in [-0.3, -0.25) is 14.5 Å². The van der Waals surface area contributed by atoms with Crippen LogP contribution in [0.4, 0.5) is 0 Å². The topological polar surface area (TPSA) is 65.2 Å². The van der Waals surface area contributed by atoms with Crippen LogP contribution in [0, 0.1) is 0 Å². The molecule has 150 valence electrons. The van der Waals surface area contributed by atoms with E-state index in [-0.39, 0.29) is 23.1 Å². The van der Waals surface area contributed by atoms with Crippen LogP contribution < -0.4 is 10.9 Å². The Morgan fingerprint density at radius 2 is 2.00 bits per heavy atom. The summed E-state index contributed by atoms with van der Waals surface area (Å²) in [5, 5.41) is 5.57.